The smallest absolute Gasteiger partial charge is 0.325 e. The first-order valence-electron chi connectivity index (χ1n) is 8.63. The molecule has 2 rings (SSSR count). The summed E-state index contributed by atoms with van der Waals surface area (Å²) in [6, 6.07) is 9.75. The summed E-state index contributed by atoms with van der Waals surface area (Å²) in [4.78, 5) is 14.0. The lowest BCUT2D eigenvalue weighted by Gasteiger charge is -2.24. The lowest BCUT2D eigenvalue weighted by molar-refractivity contribution is -0.143. The first-order chi connectivity index (χ1) is 12.4. The van der Waals surface area contributed by atoms with Gasteiger partial charge in [-0.25, -0.2) is 0 Å². The Morgan fingerprint density at radius 2 is 1.20 bits per heavy atom. The van der Waals surface area contributed by atoms with E-state index in [4.69, 9.17) is 23.7 Å². The van der Waals surface area contributed by atoms with Gasteiger partial charge in [0.05, 0.1) is 52.9 Å². The molecule has 1 aliphatic rings. The molecular formula is C18H27NO6. The Bertz CT molecular complexity index is 470. The number of benzene rings is 1. The Balaban J connectivity index is 1.85. The van der Waals surface area contributed by atoms with Crippen LogP contribution >= 0.6 is 0 Å². The van der Waals surface area contributed by atoms with Crippen molar-refractivity contribution in [1.82, 2.24) is 0 Å². The van der Waals surface area contributed by atoms with Crippen molar-refractivity contribution in [2.45, 2.75) is 0 Å². The predicted molar refractivity (Wildman–Crippen MR) is 92.9 cm³/mol. The van der Waals surface area contributed by atoms with Crippen LogP contribution in [-0.2, 0) is 28.5 Å². The quantitative estimate of drug-likeness (QED) is 0.701. The number of cyclic esters (lactones) is 1. The van der Waals surface area contributed by atoms with Crippen molar-refractivity contribution in [3.05, 3.63) is 30.3 Å². The highest BCUT2D eigenvalue weighted by Crippen LogP contribution is 2.12. The number of rotatable bonds is 1. The summed E-state index contributed by atoms with van der Waals surface area (Å²) in [5.41, 5.74) is 0.960. The largest absolute Gasteiger partial charge is 0.462 e. The van der Waals surface area contributed by atoms with E-state index in [0.29, 0.717) is 59.4 Å². The number of carbonyl (C=O) groups is 1. The van der Waals surface area contributed by atoms with E-state index in [1.807, 2.05) is 35.2 Å². The standard InChI is InChI=1S/C18H27NO6/c20-18-16-19(17-4-2-1-3-5-17)6-7-21-8-9-22-10-11-23-12-13-24-14-15-25-18/h1-5H,6-16H2. The van der Waals surface area contributed by atoms with Crippen LogP contribution in [0.2, 0.25) is 0 Å². The maximum atomic E-state index is 12.1. The monoisotopic (exact) mass is 353 g/mol. The summed E-state index contributed by atoms with van der Waals surface area (Å²) in [5.74, 6) is -0.284. The maximum absolute atomic E-state index is 12.1. The second kappa shape index (κ2) is 12.7. The Morgan fingerprint density at radius 1 is 0.680 bits per heavy atom. The maximum Gasteiger partial charge on any atom is 0.325 e. The van der Waals surface area contributed by atoms with Gasteiger partial charge in [0.2, 0.25) is 0 Å². The molecule has 0 saturated carbocycles. The summed E-state index contributed by atoms with van der Waals surface area (Å²) in [6.07, 6.45) is 0. The molecule has 140 valence electrons. The van der Waals surface area contributed by atoms with Gasteiger partial charge in [0, 0.05) is 12.2 Å². The summed E-state index contributed by atoms with van der Waals surface area (Å²) in [5, 5.41) is 0. The Labute approximate surface area is 148 Å². The van der Waals surface area contributed by atoms with E-state index in [-0.39, 0.29) is 19.1 Å². The summed E-state index contributed by atoms with van der Waals surface area (Å²) < 4.78 is 27.0. The molecule has 7 heteroatoms. The molecule has 1 aromatic rings. The van der Waals surface area contributed by atoms with Crippen molar-refractivity contribution in [2.75, 3.05) is 77.5 Å². The normalized spacial score (nSPS) is 20.3. The van der Waals surface area contributed by atoms with Gasteiger partial charge in [0.1, 0.15) is 13.2 Å². The molecule has 1 aliphatic heterocycles. The van der Waals surface area contributed by atoms with Crippen molar-refractivity contribution >= 4 is 11.7 Å². The molecule has 0 N–H and O–H groups in total. The molecule has 0 radical (unpaired) electrons. The third-order valence-electron chi connectivity index (χ3n) is 3.55. The number of anilines is 1. The molecule has 25 heavy (non-hydrogen) atoms. The van der Waals surface area contributed by atoms with Crippen molar-refractivity contribution in [2.24, 2.45) is 0 Å². The van der Waals surface area contributed by atoms with Crippen LogP contribution in [0, 0.1) is 0 Å². The van der Waals surface area contributed by atoms with Gasteiger partial charge in [-0.15, -0.1) is 0 Å². The van der Waals surface area contributed by atoms with E-state index < -0.39 is 0 Å². The third kappa shape index (κ3) is 8.83. The molecule has 1 saturated heterocycles. The summed E-state index contributed by atoms with van der Waals surface area (Å²) >= 11 is 0. The Morgan fingerprint density at radius 3 is 1.80 bits per heavy atom. The van der Waals surface area contributed by atoms with E-state index >= 15 is 0 Å². The van der Waals surface area contributed by atoms with Crippen molar-refractivity contribution < 1.29 is 28.5 Å². The zero-order valence-corrected chi connectivity index (χ0v) is 14.6. The van der Waals surface area contributed by atoms with Crippen molar-refractivity contribution in [1.29, 1.82) is 0 Å². The van der Waals surface area contributed by atoms with Crippen molar-refractivity contribution in [3.63, 3.8) is 0 Å². The van der Waals surface area contributed by atoms with Gasteiger partial charge >= 0.3 is 5.97 Å². The highest BCUT2D eigenvalue weighted by Gasteiger charge is 2.12. The molecule has 7 nitrogen and oxygen atoms in total. The van der Waals surface area contributed by atoms with E-state index in [1.54, 1.807) is 0 Å². The fourth-order valence-electron chi connectivity index (χ4n) is 2.29. The zero-order chi connectivity index (χ0) is 17.6. The van der Waals surface area contributed by atoms with Gasteiger partial charge in [0.25, 0.3) is 0 Å². The van der Waals surface area contributed by atoms with Gasteiger partial charge in [0.15, 0.2) is 0 Å². The lowest BCUT2D eigenvalue weighted by atomic mass is 10.3. The van der Waals surface area contributed by atoms with Gasteiger partial charge < -0.3 is 28.6 Å². The van der Waals surface area contributed by atoms with Crippen molar-refractivity contribution in [3.8, 4) is 0 Å². The van der Waals surface area contributed by atoms with Crippen LogP contribution in [0.5, 0.6) is 0 Å². The minimum absolute atomic E-state index is 0.174. The van der Waals surface area contributed by atoms with Crippen LogP contribution in [0.15, 0.2) is 30.3 Å². The summed E-state index contributed by atoms with van der Waals surface area (Å²) in [7, 11) is 0. The number of hydrogen-bond acceptors (Lipinski definition) is 7. The van der Waals surface area contributed by atoms with Crippen LogP contribution in [0.4, 0.5) is 5.69 Å². The molecule has 1 fully saturated rings. The van der Waals surface area contributed by atoms with E-state index in [1.165, 1.54) is 0 Å². The first-order valence-corrected chi connectivity index (χ1v) is 8.63. The lowest BCUT2D eigenvalue weighted by Crippen LogP contribution is -2.34. The average molecular weight is 353 g/mol. The number of para-hydroxylation sites is 1. The van der Waals surface area contributed by atoms with E-state index in [2.05, 4.69) is 0 Å². The highest BCUT2D eigenvalue weighted by molar-refractivity contribution is 5.75. The average Bonchev–Trinajstić information content (AvgIpc) is 2.64. The van der Waals surface area contributed by atoms with E-state index in [0.717, 1.165) is 5.69 Å². The van der Waals surface area contributed by atoms with Crippen LogP contribution in [0.3, 0.4) is 0 Å². The molecular weight excluding hydrogens is 326 g/mol. The molecule has 0 spiro atoms. The topological polar surface area (TPSA) is 66.5 Å². The SMILES string of the molecule is O=C1CN(c2ccccc2)CCOCCOCCOCCOCCO1. The van der Waals surface area contributed by atoms with Gasteiger partial charge in [-0.3, -0.25) is 4.79 Å². The minimum Gasteiger partial charge on any atom is -0.462 e. The minimum atomic E-state index is -0.284. The third-order valence-corrected chi connectivity index (χ3v) is 3.55. The number of hydrogen-bond donors (Lipinski definition) is 0. The predicted octanol–water partition coefficient (Wildman–Crippen LogP) is 1.12. The second-order valence-corrected chi connectivity index (χ2v) is 5.43. The molecule has 0 bridgehead atoms. The van der Waals surface area contributed by atoms with E-state index in [9.17, 15) is 4.79 Å². The molecule has 0 aromatic heterocycles. The van der Waals surface area contributed by atoms with Gasteiger partial charge in [-0.2, -0.15) is 0 Å². The highest BCUT2D eigenvalue weighted by atomic mass is 16.6. The Kier molecular flexibility index (Phi) is 9.95. The first kappa shape index (κ1) is 19.7. The zero-order valence-electron chi connectivity index (χ0n) is 14.6. The second-order valence-electron chi connectivity index (χ2n) is 5.43. The number of ether oxygens (including phenoxy) is 5. The molecule has 0 unspecified atom stereocenters. The molecule has 0 atom stereocenters. The fourth-order valence-corrected chi connectivity index (χ4v) is 2.29. The number of nitrogens with zero attached hydrogens (tertiary/aromatic N) is 1. The number of esters is 1. The molecule has 0 aliphatic carbocycles. The van der Waals surface area contributed by atoms with Crippen LogP contribution in [-0.4, -0.2) is 78.5 Å². The Hall–Kier alpha value is -1.67. The van der Waals surface area contributed by atoms with Crippen LogP contribution < -0.4 is 4.90 Å². The molecule has 1 heterocycles. The van der Waals surface area contributed by atoms with Crippen LogP contribution in [0.1, 0.15) is 0 Å². The summed E-state index contributed by atoms with van der Waals surface area (Å²) in [6.45, 7) is 4.94. The fraction of sp³-hybridized carbons (Fsp3) is 0.611. The molecule has 1 aromatic carbocycles. The van der Waals surface area contributed by atoms with Gasteiger partial charge in [-0.05, 0) is 12.1 Å². The van der Waals surface area contributed by atoms with Crippen LogP contribution in [0.25, 0.3) is 0 Å². The van der Waals surface area contributed by atoms with Gasteiger partial charge in [-0.1, -0.05) is 18.2 Å². The number of carbonyl (C=O) groups excluding carboxylic acids is 1. The molecule has 0 amide bonds.